The van der Waals surface area contributed by atoms with Gasteiger partial charge in [-0.3, -0.25) is 9.59 Å². The van der Waals surface area contributed by atoms with Crippen LogP contribution in [0.3, 0.4) is 0 Å². The average molecular weight is 401 g/mol. The van der Waals surface area contributed by atoms with Crippen LogP contribution in [0, 0.1) is 5.92 Å². The van der Waals surface area contributed by atoms with Crippen LogP contribution in [0.1, 0.15) is 44.0 Å². The molecule has 1 aromatic rings. The lowest BCUT2D eigenvalue weighted by atomic mass is 9.98. The average Bonchev–Trinajstić information content (AvgIpc) is 2.56. The molecule has 24 heavy (non-hydrogen) atoms. The molecule has 0 aliphatic rings. The van der Waals surface area contributed by atoms with Crippen molar-refractivity contribution in [2.24, 2.45) is 11.7 Å². The number of amides is 2. The van der Waals surface area contributed by atoms with Crippen LogP contribution in [0.15, 0.2) is 16.6 Å². The maximum atomic E-state index is 12.5. The van der Waals surface area contributed by atoms with E-state index in [0.29, 0.717) is 28.1 Å². The van der Waals surface area contributed by atoms with Crippen molar-refractivity contribution in [1.82, 2.24) is 5.32 Å². The van der Waals surface area contributed by atoms with E-state index in [1.807, 2.05) is 20.8 Å². The normalized spacial score (nSPS) is 13.0. The summed E-state index contributed by atoms with van der Waals surface area (Å²) in [6.07, 6.45) is 1.58. The predicted molar refractivity (Wildman–Crippen MR) is 96.4 cm³/mol. The summed E-state index contributed by atoms with van der Waals surface area (Å²) in [4.78, 5) is 24.1. The number of halogens is 1. The Kier molecular flexibility index (Phi) is 8.04. The summed E-state index contributed by atoms with van der Waals surface area (Å²) in [5, 5.41) is 2.69. The molecule has 2 atom stereocenters. The molecule has 0 spiro atoms. The van der Waals surface area contributed by atoms with Crippen LogP contribution >= 0.6 is 15.9 Å². The molecular weight excluding hydrogens is 376 g/mol. The summed E-state index contributed by atoms with van der Waals surface area (Å²) < 4.78 is 11.6. The molecule has 0 bridgehead atoms. The number of carbonyl (C=O) groups excluding carboxylic acids is 2. The molecule has 1 rings (SSSR count). The molecule has 7 heteroatoms. The van der Waals surface area contributed by atoms with Gasteiger partial charge in [-0.2, -0.15) is 0 Å². The Balaban J connectivity index is 3.06. The maximum Gasteiger partial charge on any atom is 0.252 e. The molecule has 0 aromatic heterocycles. The summed E-state index contributed by atoms with van der Waals surface area (Å²) in [7, 11) is 1.51. The molecule has 2 unspecified atom stereocenters. The fourth-order valence-electron chi connectivity index (χ4n) is 2.15. The zero-order chi connectivity index (χ0) is 18.3. The topological polar surface area (TPSA) is 90.6 Å². The molecule has 0 fully saturated rings. The monoisotopic (exact) mass is 400 g/mol. The zero-order valence-corrected chi connectivity index (χ0v) is 16.1. The van der Waals surface area contributed by atoms with Crippen molar-refractivity contribution in [2.45, 2.75) is 39.7 Å². The van der Waals surface area contributed by atoms with Crippen molar-refractivity contribution >= 4 is 27.7 Å². The Labute approximate surface area is 151 Å². The molecule has 0 aliphatic heterocycles. The number of ether oxygens (including phenoxy) is 2. The first-order valence-electron chi connectivity index (χ1n) is 7.96. The van der Waals surface area contributed by atoms with Crippen molar-refractivity contribution in [1.29, 1.82) is 0 Å². The lowest BCUT2D eigenvalue weighted by molar-refractivity contribution is -0.120. The SMILES string of the molecule is CCCOc1c(Br)cc(C(=O)NC(C(N)=O)C(C)CC)cc1OC. The van der Waals surface area contributed by atoms with Crippen molar-refractivity contribution in [2.75, 3.05) is 13.7 Å². The van der Waals surface area contributed by atoms with Crippen LogP contribution in [0.2, 0.25) is 0 Å². The van der Waals surface area contributed by atoms with E-state index >= 15 is 0 Å². The molecule has 0 saturated carbocycles. The number of primary amides is 1. The van der Waals surface area contributed by atoms with E-state index in [0.717, 1.165) is 12.8 Å². The van der Waals surface area contributed by atoms with Gasteiger partial charge in [0.1, 0.15) is 6.04 Å². The van der Waals surface area contributed by atoms with Crippen molar-refractivity contribution in [3.63, 3.8) is 0 Å². The fraction of sp³-hybridized carbons (Fsp3) is 0.529. The zero-order valence-electron chi connectivity index (χ0n) is 14.5. The number of hydrogen-bond donors (Lipinski definition) is 2. The number of nitrogens with one attached hydrogen (secondary N) is 1. The van der Waals surface area contributed by atoms with Gasteiger partial charge in [0.2, 0.25) is 5.91 Å². The Bertz CT molecular complexity index is 592. The van der Waals surface area contributed by atoms with E-state index in [4.69, 9.17) is 15.2 Å². The predicted octanol–water partition coefficient (Wildman–Crippen LogP) is 2.88. The minimum Gasteiger partial charge on any atom is -0.493 e. The molecule has 0 aliphatic carbocycles. The third-order valence-electron chi connectivity index (χ3n) is 3.75. The molecule has 0 heterocycles. The highest BCUT2D eigenvalue weighted by molar-refractivity contribution is 9.10. The van der Waals surface area contributed by atoms with E-state index in [-0.39, 0.29) is 11.8 Å². The Morgan fingerprint density at radius 3 is 2.50 bits per heavy atom. The standard InChI is InChI=1S/C17H25BrN2O4/c1-5-7-24-15-12(18)8-11(9-13(15)23-4)17(22)20-14(16(19)21)10(3)6-2/h8-10,14H,5-7H2,1-4H3,(H2,19,21)(H,20,22). The van der Waals surface area contributed by atoms with E-state index in [1.54, 1.807) is 12.1 Å². The van der Waals surface area contributed by atoms with Gasteiger partial charge in [0.05, 0.1) is 18.2 Å². The van der Waals surface area contributed by atoms with E-state index in [1.165, 1.54) is 7.11 Å². The van der Waals surface area contributed by atoms with Crippen molar-refractivity contribution in [3.05, 3.63) is 22.2 Å². The molecule has 3 N–H and O–H groups in total. The first-order chi connectivity index (χ1) is 11.3. The van der Waals surface area contributed by atoms with Gasteiger partial charge in [0.15, 0.2) is 11.5 Å². The Morgan fingerprint density at radius 1 is 1.33 bits per heavy atom. The summed E-state index contributed by atoms with van der Waals surface area (Å²) in [6, 6.07) is 2.50. The molecule has 0 radical (unpaired) electrons. The Morgan fingerprint density at radius 2 is 2.00 bits per heavy atom. The second-order valence-electron chi connectivity index (χ2n) is 5.58. The second kappa shape index (κ2) is 9.52. The quantitative estimate of drug-likeness (QED) is 0.666. The van der Waals surface area contributed by atoms with Gasteiger partial charge < -0.3 is 20.5 Å². The molecule has 1 aromatic carbocycles. The molecule has 0 saturated heterocycles. The highest BCUT2D eigenvalue weighted by atomic mass is 79.9. The molecule has 6 nitrogen and oxygen atoms in total. The molecule has 2 amide bonds. The van der Waals surface area contributed by atoms with Gasteiger partial charge in [-0.05, 0) is 40.4 Å². The smallest absolute Gasteiger partial charge is 0.252 e. The van der Waals surface area contributed by atoms with Gasteiger partial charge in [0.25, 0.3) is 5.91 Å². The highest BCUT2D eigenvalue weighted by Crippen LogP contribution is 2.36. The minimum absolute atomic E-state index is 0.0519. The summed E-state index contributed by atoms with van der Waals surface area (Å²) in [6.45, 7) is 6.35. The summed E-state index contributed by atoms with van der Waals surface area (Å²) in [5.41, 5.74) is 5.76. The van der Waals surface area contributed by atoms with Gasteiger partial charge in [-0.25, -0.2) is 0 Å². The number of carbonyl (C=O) groups is 2. The van der Waals surface area contributed by atoms with E-state index < -0.39 is 11.9 Å². The number of methoxy groups -OCH3 is 1. The number of rotatable bonds is 9. The van der Waals surface area contributed by atoms with Crippen LogP contribution in [0.5, 0.6) is 11.5 Å². The van der Waals surface area contributed by atoms with Crippen LogP contribution < -0.4 is 20.5 Å². The van der Waals surface area contributed by atoms with E-state index in [9.17, 15) is 9.59 Å². The minimum atomic E-state index is -0.719. The van der Waals surface area contributed by atoms with Gasteiger partial charge >= 0.3 is 0 Å². The number of hydrogen-bond acceptors (Lipinski definition) is 4. The number of nitrogens with two attached hydrogens (primary N) is 1. The molecule has 134 valence electrons. The first-order valence-corrected chi connectivity index (χ1v) is 8.75. The fourth-order valence-corrected chi connectivity index (χ4v) is 2.71. The summed E-state index contributed by atoms with van der Waals surface area (Å²) in [5.74, 6) is 0.00198. The lowest BCUT2D eigenvalue weighted by Gasteiger charge is -2.21. The van der Waals surface area contributed by atoms with Gasteiger partial charge in [-0.15, -0.1) is 0 Å². The van der Waals surface area contributed by atoms with E-state index in [2.05, 4.69) is 21.2 Å². The molecular formula is C17H25BrN2O4. The maximum absolute atomic E-state index is 12.5. The Hall–Kier alpha value is -1.76. The highest BCUT2D eigenvalue weighted by Gasteiger charge is 2.25. The third kappa shape index (κ3) is 5.12. The van der Waals surface area contributed by atoms with Crippen molar-refractivity contribution in [3.8, 4) is 11.5 Å². The van der Waals surface area contributed by atoms with Crippen LogP contribution in [-0.4, -0.2) is 31.6 Å². The van der Waals surface area contributed by atoms with Crippen LogP contribution in [-0.2, 0) is 4.79 Å². The second-order valence-corrected chi connectivity index (χ2v) is 6.43. The third-order valence-corrected chi connectivity index (χ3v) is 4.34. The first kappa shape index (κ1) is 20.3. The van der Waals surface area contributed by atoms with Crippen molar-refractivity contribution < 1.29 is 19.1 Å². The van der Waals surface area contributed by atoms with Crippen LogP contribution in [0.4, 0.5) is 0 Å². The lowest BCUT2D eigenvalue weighted by Crippen LogP contribution is -2.48. The number of benzene rings is 1. The largest absolute Gasteiger partial charge is 0.493 e. The summed E-state index contributed by atoms with van der Waals surface area (Å²) >= 11 is 3.40. The van der Waals surface area contributed by atoms with Gasteiger partial charge in [-0.1, -0.05) is 27.2 Å². The van der Waals surface area contributed by atoms with Gasteiger partial charge in [0, 0.05) is 5.56 Å². The van der Waals surface area contributed by atoms with Crippen LogP contribution in [0.25, 0.3) is 0 Å².